The maximum atomic E-state index is 12.1. The zero-order valence-electron chi connectivity index (χ0n) is 11.9. The fraction of sp³-hybridized carbons (Fsp3) is 0.533. The van der Waals surface area contributed by atoms with Crippen molar-refractivity contribution in [2.75, 3.05) is 33.4 Å². The van der Waals surface area contributed by atoms with Crippen molar-refractivity contribution >= 4 is 5.91 Å². The molecule has 0 radical (unpaired) electrons. The number of nitrogens with zero attached hydrogens (tertiary/aromatic N) is 1. The molecule has 0 bridgehead atoms. The van der Waals surface area contributed by atoms with Gasteiger partial charge < -0.3 is 20.1 Å². The first-order valence-electron chi connectivity index (χ1n) is 6.97. The van der Waals surface area contributed by atoms with E-state index in [-0.39, 0.29) is 12.5 Å². The maximum Gasteiger partial charge on any atom is 0.260 e. The molecule has 5 heteroatoms. The molecule has 1 saturated heterocycles. The number of methoxy groups -OCH3 is 1. The lowest BCUT2D eigenvalue weighted by Crippen LogP contribution is -2.42. The van der Waals surface area contributed by atoms with E-state index in [2.05, 4.69) is 0 Å². The van der Waals surface area contributed by atoms with E-state index in [0.717, 1.165) is 31.7 Å². The van der Waals surface area contributed by atoms with Gasteiger partial charge in [0, 0.05) is 19.2 Å². The molecule has 1 aliphatic rings. The molecule has 1 fully saturated rings. The molecule has 0 atom stereocenters. The highest BCUT2D eigenvalue weighted by atomic mass is 16.5. The van der Waals surface area contributed by atoms with Crippen molar-refractivity contribution in [3.8, 4) is 11.5 Å². The van der Waals surface area contributed by atoms with Crippen LogP contribution in [0.3, 0.4) is 0 Å². The van der Waals surface area contributed by atoms with Gasteiger partial charge in [0.2, 0.25) is 0 Å². The first-order valence-corrected chi connectivity index (χ1v) is 6.97. The van der Waals surface area contributed by atoms with Crippen molar-refractivity contribution < 1.29 is 14.3 Å². The fourth-order valence-electron chi connectivity index (χ4n) is 2.35. The van der Waals surface area contributed by atoms with Gasteiger partial charge in [-0.3, -0.25) is 4.79 Å². The van der Waals surface area contributed by atoms with Crippen LogP contribution in [-0.2, 0) is 4.79 Å². The number of rotatable bonds is 5. The number of carbonyl (C=O) groups is 1. The molecule has 2 N–H and O–H groups in total. The Morgan fingerprint density at radius 3 is 2.70 bits per heavy atom. The van der Waals surface area contributed by atoms with Gasteiger partial charge in [-0.15, -0.1) is 0 Å². The first kappa shape index (κ1) is 14.7. The molecule has 5 nitrogen and oxygen atoms in total. The molecule has 110 valence electrons. The minimum absolute atomic E-state index is 0.0308. The molecule has 0 unspecified atom stereocenters. The van der Waals surface area contributed by atoms with Crippen LogP contribution in [0, 0.1) is 5.92 Å². The quantitative estimate of drug-likeness (QED) is 0.881. The summed E-state index contributed by atoms with van der Waals surface area (Å²) in [5.74, 6) is 1.95. The van der Waals surface area contributed by atoms with Gasteiger partial charge in [-0.2, -0.15) is 0 Å². The third-order valence-electron chi connectivity index (χ3n) is 3.70. The standard InChI is InChI=1S/C15H22N2O3/c1-19-13-3-2-4-14(9-13)20-11-15(18)17-7-5-12(10-16)6-8-17/h2-4,9,12H,5-8,10-11,16H2,1H3. The smallest absolute Gasteiger partial charge is 0.260 e. The number of ether oxygens (including phenoxy) is 2. The van der Waals surface area contributed by atoms with Crippen LogP contribution in [0.15, 0.2) is 24.3 Å². The van der Waals surface area contributed by atoms with E-state index >= 15 is 0 Å². The van der Waals surface area contributed by atoms with E-state index in [1.165, 1.54) is 0 Å². The van der Waals surface area contributed by atoms with Gasteiger partial charge in [-0.05, 0) is 37.4 Å². The lowest BCUT2D eigenvalue weighted by Gasteiger charge is -2.31. The number of amides is 1. The summed E-state index contributed by atoms with van der Waals surface area (Å²) in [7, 11) is 1.60. The summed E-state index contributed by atoms with van der Waals surface area (Å²) in [6.07, 6.45) is 1.97. The lowest BCUT2D eigenvalue weighted by molar-refractivity contribution is -0.134. The van der Waals surface area contributed by atoms with Gasteiger partial charge in [-0.1, -0.05) is 6.07 Å². The van der Waals surface area contributed by atoms with Crippen molar-refractivity contribution in [2.24, 2.45) is 11.7 Å². The maximum absolute atomic E-state index is 12.1. The third kappa shape index (κ3) is 3.87. The van der Waals surface area contributed by atoms with Crippen LogP contribution in [0.1, 0.15) is 12.8 Å². The zero-order chi connectivity index (χ0) is 14.4. The second-order valence-electron chi connectivity index (χ2n) is 5.03. The minimum Gasteiger partial charge on any atom is -0.497 e. The van der Waals surface area contributed by atoms with Gasteiger partial charge in [0.1, 0.15) is 11.5 Å². The molecule has 1 heterocycles. The molecular formula is C15H22N2O3. The number of hydrogen-bond donors (Lipinski definition) is 1. The summed E-state index contributed by atoms with van der Waals surface area (Å²) in [5, 5.41) is 0. The normalized spacial score (nSPS) is 16.0. The number of benzene rings is 1. The molecule has 20 heavy (non-hydrogen) atoms. The Hall–Kier alpha value is -1.75. The van der Waals surface area contributed by atoms with E-state index in [0.29, 0.717) is 18.2 Å². The van der Waals surface area contributed by atoms with Crippen molar-refractivity contribution in [2.45, 2.75) is 12.8 Å². The molecule has 1 amide bonds. The summed E-state index contributed by atoms with van der Waals surface area (Å²) in [5.41, 5.74) is 5.65. The second-order valence-corrected chi connectivity index (χ2v) is 5.03. The average molecular weight is 278 g/mol. The van der Waals surface area contributed by atoms with E-state index in [1.54, 1.807) is 13.2 Å². The molecule has 0 aliphatic carbocycles. The molecule has 0 saturated carbocycles. The zero-order valence-corrected chi connectivity index (χ0v) is 11.9. The Kier molecular flexibility index (Phi) is 5.24. The molecule has 1 aliphatic heterocycles. The van der Waals surface area contributed by atoms with Gasteiger partial charge in [0.15, 0.2) is 6.61 Å². The van der Waals surface area contributed by atoms with Gasteiger partial charge in [0.05, 0.1) is 7.11 Å². The van der Waals surface area contributed by atoms with E-state index < -0.39 is 0 Å². The molecule has 1 aromatic carbocycles. The van der Waals surface area contributed by atoms with Crippen molar-refractivity contribution in [1.29, 1.82) is 0 Å². The Morgan fingerprint density at radius 2 is 2.05 bits per heavy atom. The van der Waals surface area contributed by atoms with E-state index in [1.807, 2.05) is 23.1 Å². The third-order valence-corrected chi connectivity index (χ3v) is 3.70. The monoisotopic (exact) mass is 278 g/mol. The molecule has 1 aromatic rings. The summed E-state index contributed by atoms with van der Waals surface area (Å²) >= 11 is 0. The predicted octanol–water partition coefficient (Wildman–Crippen LogP) is 1.27. The Balaban J connectivity index is 1.80. The van der Waals surface area contributed by atoms with Gasteiger partial charge >= 0.3 is 0 Å². The van der Waals surface area contributed by atoms with E-state index in [4.69, 9.17) is 15.2 Å². The minimum atomic E-state index is 0.0308. The Morgan fingerprint density at radius 1 is 1.35 bits per heavy atom. The molecule has 2 rings (SSSR count). The fourth-order valence-corrected chi connectivity index (χ4v) is 2.35. The highest BCUT2D eigenvalue weighted by Crippen LogP contribution is 2.19. The van der Waals surface area contributed by atoms with Crippen molar-refractivity contribution in [3.63, 3.8) is 0 Å². The van der Waals surface area contributed by atoms with Crippen LogP contribution in [-0.4, -0.2) is 44.2 Å². The van der Waals surface area contributed by atoms with Crippen LogP contribution in [0.5, 0.6) is 11.5 Å². The van der Waals surface area contributed by atoms with Crippen LogP contribution in [0.4, 0.5) is 0 Å². The van der Waals surface area contributed by atoms with E-state index in [9.17, 15) is 4.79 Å². The first-order chi connectivity index (χ1) is 9.72. The second kappa shape index (κ2) is 7.14. The highest BCUT2D eigenvalue weighted by molar-refractivity contribution is 5.77. The number of piperidine rings is 1. The van der Waals surface area contributed by atoms with Crippen LogP contribution in [0.2, 0.25) is 0 Å². The Labute approximate surface area is 119 Å². The number of hydrogen-bond acceptors (Lipinski definition) is 4. The lowest BCUT2D eigenvalue weighted by atomic mass is 9.97. The number of nitrogens with two attached hydrogens (primary N) is 1. The number of likely N-dealkylation sites (tertiary alicyclic amines) is 1. The van der Waals surface area contributed by atoms with Crippen molar-refractivity contribution in [3.05, 3.63) is 24.3 Å². The van der Waals surface area contributed by atoms with Crippen molar-refractivity contribution in [1.82, 2.24) is 4.90 Å². The van der Waals surface area contributed by atoms with Gasteiger partial charge in [-0.25, -0.2) is 0 Å². The summed E-state index contributed by atoms with van der Waals surface area (Å²) in [6, 6.07) is 7.27. The van der Waals surface area contributed by atoms with Crippen LogP contribution < -0.4 is 15.2 Å². The van der Waals surface area contributed by atoms with Crippen LogP contribution in [0.25, 0.3) is 0 Å². The number of carbonyl (C=O) groups excluding carboxylic acids is 1. The molecule has 0 spiro atoms. The molecular weight excluding hydrogens is 256 g/mol. The summed E-state index contributed by atoms with van der Waals surface area (Å²) in [6.45, 7) is 2.34. The topological polar surface area (TPSA) is 64.8 Å². The summed E-state index contributed by atoms with van der Waals surface area (Å²) < 4.78 is 10.6. The predicted molar refractivity (Wildman–Crippen MR) is 76.8 cm³/mol. The SMILES string of the molecule is COc1cccc(OCC(=O)N2CCC(CN)CC2)c1. The molecule has 0 aromatic heterocycles. The Bertz CT molecular complexity index is 442. The summed E-state index contributed by atoms with van der Waals surface area (Å²) in [4.78, 5) is 13.9. The highest BCUT2D eigenvalue weighted by Gasteiger charge is 2.22. The average Bonchev–Trinajstić information content (AvgIpc) is 2.53. The van der Waals surface area contributed by atoms with Gasteiger partial charge in [0.25, 0.3) is 5.91 Å². The van der Waals surface area contributed by atoms with Crippen LogP contribution >= 0.6 is 0 Å². The largest absolute Gasteiger partial charge is 0.497 e.